The zero-order valence-electron chi connectivity index (χ0n) is 16.5. The summed E-state index contributed by atoms with van der Waals surface area (Å²) in [5, 5.41) is 2.98. The maximum absolute atomic E-state index is 12.7. The van der Waals surface area contributed by atoms with E-state index in [1.807, 2.05) is 16.8 Å². The number of carbonyl (C=O) groups excluding carboxylic acids is 2. The summed E-state index contributed by atoms with van der Waals surface area (Å²) in [6.07, 6.45) is 9.80. The van der Waals surface area contributed by atoms with Crippen molar-refractivity contribution in [2.75, 3.05) is 0 Å². The molecule has 144 valence electrons. The average molecular weight is 367 g/mol. The summed E-state index contributed by atoms with van der Waals surface area (Å²) in [7, 11) is 0. The molecule has 0 saturated heterocycles. The van der Waals surface area contributed by atoms with E-state index in [1.54, 1.807) is 6.07 Å². The second-order valence-electron chi connectivity index (χ2n) is 7.78. The Balaban J connectivity index is 1.67. The molecule has 1 saturated carbocycles. The third kappa shape index (κ3) is 5.09. The molecule has 0 radical (unpaired) electrons. The Morgan fingerprint density at radius 2 is 1.70 bits per heavy atom. The Labute approximate surface area is 162 Å². The van der Waals surface area contributed by atoms with Gasteiger partial charge in [0.25, 0.3) is 11.7 Å². The highest BCUT2D eigenvalue weighted by Crippen LogP contribution is 2.18. The third-order valence-electron chi connectivity index (χ3n) is 5.63. The van der Waals surface area contributed by atoms with Gasteiger partial charge < -0.3 is 9.88 Å². The van der Waals surface area contributed by atoms with Crippen molar-refractivity contribution < 1.29 is 9.59 Å². The van der Waals surface area contributed by atoms with E-state index in [1.165, 1.54) is 30.4 Å². The Morgan fingerprint density at radius 1 is 1.00 bits per heavy atom. The van der Waals surface area contributed by atoms with Crippen molar-refractivity contribution in [2.24, 2.45) is 0 Å². The smallest absolute Gasteiger partial charge is 0.294 e. The van der Waals surface area contributed by atoms with Crippen LogP contribution in [0.25, 0.3) is 0 Å². The van der Waals surface area contributed by atoms with Gasteiger partial charge in [-0.15, -0.1) is 0 Å². The normalized spacial score (nSPS) is 15.8. The summed E-state index contributed by atoms with van der Waals surface area (Å²) in [6.45, 7) is 4.76. The van der Waals surface area contributed by atoms with Crippen LogP contribution >= 0.6 is 0 Å². The Morgan fingerprint density at radius 3 is 2.41 bits per heavy atom. The standard InChI is InChI=1S/C23H30N2O2/c1-17-12-13-19(15-18(17)2)16-25-14-8-11-21(25)22(26)23(27)24-20-9-6-4-3-5-7-10-20/h8,11-15,20H,3-7,9-10,16H2,1-2H3,(H,24,27). The van der Waals surface area contributed by atoms with Crippen molar-refractivity contribution >= 4 is 11.7 Å². The molecule has 0 aliphatic heterocycles. The van der Waals surface area contributed by atoms with Crippen LogP contribution in [0.5, 0.6) is 0 Å². The fraction of sp³-hybridized carbons (Fsp3) is 0.478. The van der Waals surface area contributed by atoms with Crippen molar-refractivity contribution in [3.05, 3.63) is 58.9 Å². The van der Waals surface area contributed by atoms with Gasteiger partial charge in [0.05, 0.1) is 5.69 Å². The predicted molar refractivity (Wildman–Crippen MR) is 108 cm³/mol. The van der Waals surface area contributed by atoms with E-state index in [2.05, 4.69) is 37.4 Å². The average Bonchev–Trinajstić information content (AvgIpc) is 3.07. The molecule has 1 aliphatic rings. The monoisotopic (exact) mass is 366 g/mol. The first-order valence-corrected chi connectivity index (χ1v) is 10.1. The van der Waals surface area contributed by atoms with Gasteiger partial charge in [-0.2, -0.15) is 0 Å². The number of aryl methyl sites for hydroxylation is 2. The highest BCUT2D eigenvalue weighted by Gasteiger charge is 2.23. The van der Waals surface area contributed by atoms with Crippen LogP contribution in [0.15, 0.2) is 36.5 Å². The molecule has 1 fully saturated rings. The van der Waals surface area contributed by atoms with E-state index in [4.69, 9.17) is 0 Å². The number of amides is 1. The lowest BCUT2D eigenvalue weighted by atomic mass is 9.96. The third-order valence-corrected chi connectivity index (χ3v) is 5.63. The van der Waals surface area contributed by atoms with Crippen LogP contribution in [0, 0.1) is 13.8 Å². The quantitative estimate of drug-likeness (QED) is 0.623. The van der Waals surface area contributed by atoms with Crippen LogP contribution in [0.4, 0.5) is 0 Å². The van der Waals surface area contributed by atoms with Gasteiger partial charge in [0, 0.05) is 18.8 Å². The molecule has 0 bridgehead atoms. The molecule has 0 spiro atoms. The molecule has 4 heteroatoms. The van der Waals surface area contributed by atoms with Crippen molar-refractivity contribution in [3.8, 4) is 0 Å². The van der Waals surface area contributed by atoms with Crippen molar-refractivity contribution in [1.29, 1.82) is 0 Å². The minimum Gasteiger partial charge on any atom is -0.346 e. The molecule has 1 heterocycles. The minimum absolute atomic E-state index is 0.130. The second kappa shape index (κ2) is 9.03. The molecule has 1 aromatic heterocycles. The number of nitrogens with one attached hydrogen (secondary N) is 1. The summed E-state index contributed by atoms with van der Waals surface area (Å²) in [6, 6.07) is 10.0. The van der Waals surface area contributed by atoms with Gasteiger partial charge in [0.1, 0.15) is 0 Å². The Bertz CT molecular complexity index is 798. The van der Waals surface area contributed by atoms with Crippen LogP contribution < -0.4 is 5.32 Å². The first-order valence-electron chi connectivity index (χ1n) is 10.1. The molecule has 27 heavy (non-hydrogen) atoms. The van der Waals surface area contributed by atoms with Crippen molar-refractivity contribution in [3.63, 3.8) is 0 Å². The van der Waals surface area contributed by atoms with Crippen molar-refractivity contribution in [2.45, 2.75) is 71.4 Å². The van der Waals surface area contributed by atoms with Crippen LogP contribution in [-0.4, -0.2) is 22.3 Å². The highest BCUT2D eigenvalue weighted by atomic mass is 16.2. The molecular weight excluding hydrogens is 336 g/mol. The summed E-state index contributed by atoms with van der Waals surface area (Å²) < 4.78 is 1.87. The van der Waals surface area contributed by atoms with Crippen LogP contribution in [0.3, 0.4) is 0 Å². The largest absolute Gasteiger partial charge is 0.346 e. The number of Topliss-reactive ketones (excluding diaryl/α,β-unsaturated/α-hetero) is 1. The van der Waals surface area contributed by atoms with Gasteiger partial charge in [0.15, 0.2) is 0 Å². The van der Waals surface area contributed by atoms with Crippen LogP contribution in [-0.2, 0) is 11.3 Å². The van der Waals surface area contributed by atoms with E-state index in [9.17, 15) is 9.59 Å². The minimum atomic E-state index is -0.472. The maximum Gasteiger partial charge on any atom is 0.294 e. The zero-order valence-corrected chi connectivity index (χ0v) is 16.5. The first kappa shape index (κ1) is 19.4. The highest BCUT2D eigenvalue weighted by molar-refractivity contribution is 6.42. The lowest BCUT2D eigenvalue weighted by Gasteiger charge is -2.20. The molecular formula is C23H30N2O2. The predicted octanol–water partition coefficient (Wildman–Crippen LogP) is 4.57. The summed E-state index contributed by atoms with van der Waals surface area (Å²) in [5.41, 5.74) is 4.07. The SMILES string of the molecule is Cc1ccc(Cn2cccc2C(=O)C(=O)NC2CCCCCCC2)cc1C. The van der Waals surface area contributed by atoms with Crippen LogP contribution in [0.1, 0.15) is 72.1 Å². The molecule has 0 atom stereocenters. The number of hydrogen-bond donors (Lipinski definition) is 1. The second-order valence-corrected chi connectivity index (χ2v) is 7.78. The fourth-order valence-corrected chi connectivity index (χ4v) is 3.82. The fourth-order valence-electron chi connectivity index (χ4n) is 3.82. The molecule has 1 N–H and O–H groups in total. The Kier molecular flexibility index (Phi) is 6.49. The first-order chi connectivity index (χ1) is 13.0. The number of hydrogen-bond acceptors (Lipinski definition) is 2. The number of aromatic nitrogens is 1. The van der Waals surface area contributed by atoms with Gasteiger partial charge >= 0.3 is 0 Å². The number of ketones is 1. The summed E-state index contributed by atoms with van der Waals surface area (Å²) in [5.74, 6) is -0.911. The lowest BCUT2D eigenvalue weighted by Crippen LogP contribution is -2.40. The van der Waals surface area contributed by atoms with Gasteiger partial charge in [0.2, 0.25) is 0 Å². The number of rotatable bonds is 5. The van der Waals surface area contributed by atoms with Crippen molar-refractivity contribution in [1.82, 2.24) is 9.88 Å². The molecule has 1 aliphatic carbocycles. The number of benzene rings is 1. The topological polar surface area (TPSA) is 51.1 Å². The van der Waals surface area contributed by atoms with Crippen LogP contribution in [0.2, 0.25) is 0 Å². The number of nitrogens with zero attached hydrogens (tertiary/aromatic N) is 1. The van der Waals surface area contributed by atoms with E-state index in [-0.39, 0.29) is 6.04 Å². The van der Waals surface area contributed by atoms with E-state index < -0.39 is 11.7 Å². The van der Waals surface area contributed by atoms with Gasteiger partial charge in [-0.05, 0) is 55.5 Å². The molecule has 1 aromatic carbocycles. The molecule has 1 amide bonds. The Hall–Kier alpha value is -2.36. The van der Waals surface area contributed by atoms with E-state index >= 15 is 0 Å². The van der Waals surface area contributed by atoms with Gasteiger partial charge in [-0.3, -0.25) is 9.59 Å². The summed E-state index contributed by atoms with van der Waals surface area (Å²) >= 11 is 0. The van der Waals surface area contributed by atoms with Gasteiger partial charge in [-0.25, -0.2) is 0 Å². The number of carbonyl (C=O) groups is 2. The van der Waals surface area contributed by atoms with E-state index in [0.29, 0.717) is 12.2 Å². The van der Waals surface area contributed by atoms with E-state index in [0.717, 1.165) is 31.2 Å². The summed E-state index contributed by atoms with van der Waals surface area (Å²) in [4.78, 5) is 25.3. The molecule has 0 unspecified atom stereocenters. The molecule has 2 aromatic rings. The zero-order chi connectivity index (χ0) is 19.2. The lowest BCUT2D eigenvalue weighted by molar-refractivity contribution is -0.117. The van der Waals surface area contributed by atoms with Gasteiger partial charge in [-0.1, -0.05) is 50.3 Å². The maximum atomic E-state index is 12.7. The molecule has 3 rings (SSSR count). The molecule has 4 nitrogen and oxygen atoms in total.